The number of benzene rings is 1. The van der Waals surface area contributed by atoms with E-state index >= 15 is 0 Å². The normalized spacial score (nSPS) is 9.88. The van der Waals surface area contributed by atoms with Gasteiger partial charge in [0.15, 0.2) is 6.79 Å². The molecule has 0 atom stereocenters. The Kier molecular flexibility index (Phi) is 5.36. The minimum Gasteiger partial charge on any atom is -0.468 e. The Morgan fingerprint density at radius 3 is 2.50 bits per heavy atom. The summed E-state index contributed by atoms with van der Waals surface area (Å²) in [6.07, 6.45) is 0.712. The molecule has 0 fully saturated rings. The number of methoxy groups -OCH3 is 1. The molecule has 1 rings (SSSR count). The van der Waals surface area contributed by atoms with Crippen molar-refractivity contribution in [2.24, 2.45) is 0 Å². The van der Waals surface area contributed by atoms with E-state index in [1.807, 2.05) is 24.3 Å². The third-order valence-corrected chi connectivity index (χ3v) is 1.96. The largest absolute Gasteiger partial charge is 0.468 e. The van der Waals surface area contributed by atoms with Gasteiger partial charge in [-0.3, -0.25) is 4.79 Å². The molecule has 16 heavy (non-hydrogen) atoms. The van der Waals surface area contributed by atoms with Crippen LogP contribution in [0.25, 0.3) is 0 Å². The van der Waals surface area contributed by atoms with Gasteiger partial charge in [0.2, 0.25) is 0 Å². The highest BCUT2D eigenvalue weighted by Crippen LogP contribution is 2.12. The molecule has 0 saturated heterocycles. The van der Waals surface area contributed by atoms with Crippen molar-refractivity contribution in [1.29, 1.82) is 0 Å². The summed E-state index contributed by atoms with van der Waals surface area (Å²) >= 11 is 0. The zero-order chi connectivity index (χ0) is 11.8. The highest BCUT2D eigenvalue weighted by Gasteiger charge is 1.97. The van der Waals surface area contributed by atoms with Gasteiger partial charge in [0, 0.05) is 20.5 Å². The van der Waals surface area contributed by atoms with E-state index in [1.165, 1.54) is 6.92 Å². The quantitative estimate of drug-likeness (QED) is 0.545. The van der Waals surface area contributed by atoms with Crippen molar-refractivity contribution in [3.05, 3.63) is 29.8 Å². The molecule has 0 aliphatic carbocycles. The molecule has 0 aliphatic rings. The van der Waals surface area contributed by atoms with E-state index in [0.717, 1.165) is 11.3 Å². The standard InChI is InChI=1S/C12H16O4/c1-10(13)15-8-7-11-3-5-12(6-4-11)16-9-14-2/h3-6H,7-9H2,1-2H3. The summed E-state index contributed by atoms with van der Waals surface area (Å²) in [6, 6.07) is 7.60. The van der Waals surface area contributed by atoms with Gasteiger partial charge < -0.3 is 14.2 Å². The van der Waals surface area contributed by atoms with Gasteiger partial charge in [-0.1, -0.05) is 12.1 Å². The van der Waals surface area contributed by atoms with Crippen LogP contribution in [0.1, 0.15) is 12.5 Å². The summed E-state index contributed by atoms with van der Waals surface area (Å²) in [5.74, 6) is 0.512. The molecule has 0 N–H and O–H groups in total. The number of carbonyl (C=O) groups is 1. The zero-order valence-electron chi connectivity index (χ0n) is 9.56. The summed E-state index contributed by atoms with van der Waals surface area (Å²) in [5, 5.41) is 0. The van der Waals surface area contributed by atoms with Crippen LogP contribution >= 0.6 is 0 Å². The van der Waals surface area contributed by atoms with E-state index in [4.69, 9.17) is 14.2 Å². The smallest absolute Gasteiger partial charge is 0.302 e. The Hall–Kier alpha value is -1.55. The van der Waals surface area contributed by atoms with Crippen molar-refractivity contribution in [1.82, 2.24) is 0 Å². The van der Waals surface area contributed by atoms with Crippen molar-refractivity contribution in [2.75, 3.05) is 20.5 Å². The Morgan fingerprint density at radius 1 is 1.25 bits per heavy atom. The SMILES string of the molecule is COCOc1ccc(CCOC(C)=O)cc1. The molecule has 0 aliphatic heterocycles. The zero-order valence-corrected chi connectivity index (χ0v) is 9.56. The van der Waals surface area contributed by atoms with Crippen LogP contribution in [0.2, 0.25) is 0 Å². The van der Waals surface area contributed by atoms with Crippen LogP contribution in [0.15, 0.2) is 24.3 Å². The molecule has 1 aromatic rings. The van der Waals surface area contributed by atoms with Gasteiger partial charge in [-0.15, -0.1) is 0 Å². The second-order valence-corrected chi connectivity index (χ2v) is 3.28. The number of carbonyl (C=O) groups excluding carboxylic acids is 1. The summed E-state index contributed by atoms with van der Waals surface area (Å²) < 4.78 is 14.9. The van der Waals surface area contributed by atoms with Gasteiger partial charge in [-0.25, -0.2) is 0 Å². The molecule has 0 saturated carbocycles. The Labute approximate surface area is 95.1 Å². The molecule has 4 heteroatoms. The fourth-order valence-electron chi connectivity index (χ4n) is 1.19. The molecule has 0 spiro atoms. The lowest BCUT2D eigenvalue weighted by Gasteiger charge is -2.06. The van der Waals surface area contributed by atoms with Crippen molar-refractivity contribution in [3.8, 4) is 5.75 Å². The predicted molar refractivity (Wildman–Crippen MR) is 59.3 cm³/mol. The molecule has 0 heterocycles. The van der Waals surface area contributed by atoms with Crippen molar-refractivity contribution in [2.45, 2.75) is 13.3 Å². The van der Waals surface area contributed by atoms with Crippen molar-refractivity contribution < 1.29 is 19.0 Å². The average Bonchev–Trinajstić information content (AvgIpc) is 2.27. The molecule has 0 radical (unpaired) electrons. The predicted octanol–water partition coefficient (Wildman–Crippen LogP) is 1.77. The number of esters is 1. The van der Waals surface area contributed by atoms with Crippen LogP contribution in [-0.4, -0.2) is 26.5 Å². The van der Waals surface area contributed by atoms with E-state index in [0.29, 0.717) is 13.0 Å². The summed E-state index contributed by atoms with van der Waals surface area (Å²) in [7, 11) is 1.58. The van der Waals surface area contributed by atoms with Crippen LogP contribution in [0.5, 0.6) is 5.75 Å². The number of hydrogen-bond donors (Lipinski definition) is 0. The van der Waals surface area contributed by atoms with Gasteiger partial charge in [0.25, 0.3) is 0 Å². The van der Waals surface area contributed by atoms with Crippen molar-refractivity contribution >= 4 is 5.97 Å². The van der Waals surface area contributed by atoms with Crippen LogP contribution in [0.4, 0.5) is 0 Å². The summed E-state index contributed by atoms with van der Waals surface area (Å²) in [6.45, 7) is 2.06. The molecule has 1 aromatic carbocycles. The average molecular weight is 224 g/mol. The highest BCUT2D eigenvalue weighted by atomic mass is 16.7. The topological polar surface area (TPSA) is 44.8 Å². The highest BCUT2D eigenvalue weighted by molar-refractivity contribution is 5.65. The maximum absolute atomic E-state index is 10.6. The first kappa shape index (κ1) is 12.5. The number of rotatable bonds is 6. The Bertz CT molecular complexity index is 318. The summed E-state index contributed by atoms with van der Waals surface area (Å²) in [4.78, 5) is 10.6. The fourth-order valence-corrected chi connectivity index (χ4v) is 1.19. The minimum atomic E-state index is -0.250. The number of hydrogen-bond acceptors (Lipinski definition) is 4. The fraction of sp³-hybridized carbons (Fsp3) is 0.417. The third kappa shape index (κ3) is 4.79. The molecular weight excluding hydrogens is 208 g/mol. The molecule has 0 aromatic heterocycles. The lowest BCUT2D eigenvalue weighted by Crippen LogP contribution is -2.03. The first-order valence-corrected chi connectivity index (χ1v) is 5.06. The number of ether oxygens (including phenoxy) is 3. The maximum Gasteiger partial charge on any atom is 0.302 e. The van der Waals surface area contributed by atoms with Gasteiger partial charge in [-0.05, 0) is 17.7 Å². The summed E-state index contributed by atoms with van der Waals surface area (Å²) in [5.41, 5.74) is 1.10. The second kappa shape index (κ2) is 6.85. The van der Waals surface area contributed by atoms with Crippen LogP contribution in [0, 0.1) is 0 Å². The van der Waals surface area contributed by atoms with E-state index in [1.54, 1.807) is 7.11 Å². The van der Waals surface area contributed by atoms with Gasteiger partial charge in [0.05, 0.1) is 6.61 Å². The van der Waals surface area contributed by atoms with E-state index in [2.05, 4.69) is 0 Å². The van der Waals surface area contributed by atoms with Crippen LogP contribution in [-0.2, 0) is 20.7 Å². The van der Waals surface area contributed by atoms with Gasteiger partial charge >= 0.3 is 5.97 Å². The van der Waals surface area contributed by atoms with E-state index in [9.17, 15) is 4.79 Å². The van der Waals surface area contributed by atoms with Crippen LogP contribution < -0.4 is 4.74 Å². The van der Waals surface area contributed by atoms with Gasteiger partial charge in [0.1, 0.15) is 5.75 Å². The monoisotopic (exact) mass is 224 g/mol. The Balaban J connectivity index is 2.36. The lowest BCUT2D eigenvalue weighted by atomic mass is 10.1. The van der Waals surface area contributed by atoms with Gasteiger partial charge in [-0.2, -0.15) is 0 Å². The molecule has 88 valence electrons. The molecule has 0 unspecified atom stereocenters. The van der Waals surface area contributed by atoms with E-state index < -0.39 is 0 Å². The third-order valence-electron chi connectivity index (χ3n) is 1.96. The first-order valence-electron chi connectivity index (χ1n) is 5.06. The molecule has 4 nitrogen and oxygen atoms in total. The second-order valence-electron chi connectivity index (χ2n) is 3.28. The van der Waals surface area contributed by atoms with Crippen LogP contribution in [0.3, 0.4) is 0 Å². The van der Waals surface area contributed by atoms with E-state index in [-0.39, 0.29) is 12.8 Å². The first-order chi connectivity index (χ1) is 7.72. The molecule has 0 amide bonds. The Morgan fingerprint density at radius 2 is 1.94 bits per heavy atom. The van der Waals surface area contributed by atoms with Crippen molar-refractivity contribution in [3.63, 3.8) is 0 Å². The minimum absolute atomic E-state index is 0.243. The lowest BCUT2D eigenvalue weighted by molar-refractivity contribution is -0.140. The molecular formula is C12H16O4. The maximum atomic E-state index is 10.6. The molecule has 0 bridgehead atoms.